The quantitative estimate of drug-likeness (QED) is 0.305. The number of rotatable bonds is 6. The van der Waals surface area contributed by atoms with E-state index in [4.69, 9.17) is 0 Å². The fourth-order valence-electron chi connectivity index (χ4n) is 2.98. The van der Waals surface area contributed by atoms with Crippen LogP contribution in [0.2, 0.25) is 0 Å². The minimum atomic E-state index is 0. The molecule has 0 spiro atoms. The van der Waals surface area contributed by atoms with Crippen molar-refractivity contribution in [2.24, 2.45) is 4.99 Å². The lowest BCUT2D eigenvalue weighted by molar-refractivity contribution is 0.282. The molecule has 1 aromatic carbocycles. The summed E-state index contributed by atoms with van der Waals surface area (Å²) in [6.45, 7) is 7.65. The molecule has 0 aromatic heterocycles. The van der Waals surface area contributed by atoms with E-state index in [-0.39, 0.29) is 24.0 Å². The van der Waals surface area contributed by atoms with Crippen LogP contribution in [0.5, 0.6) is 0 Å². The van der Waals surface area contributed by atoms with Crippen molar-refractivity contribution in [2.45, 2.75) is 45.6 Å². The molecule has 0 atom stereocenters. The SMILES string of the molecule is CN=C(NCCCN1CCCCCC1)NCc1ccc(C)cc1.I. The third kappa shape index (κ3) is 8.33. The summed E-state index contributed by atoms with van der Waals surface area (Å²) in [6.07, 6.45) is 6.72. The Hall–Kier alpha value is -0.820. The number of guanidine groups is 1. The van der Waals surface area contributed by atoms with Crippen molar-refractivity contribution in [1.82, 2.24) is 15.5 Å². The minimum absolute atomic E-state index is 0. The lowest BCUT2D eigenvalue weighted by atomic mass is 10.1. The first-order chi connectivity index (χ1) is 11.3. The van der Waals surface area contributed by atoms with Crippen molar-refractivity contribution in [1.29, 1.82) is 0 Å². The van der Waals surface area contributed by atoms with Crippen molar-refractivity contribution in [3.05, 3.63) is 35.4 Å². The Bertz CT molecular complexity index is 465. The second-order valence-electron chi connectivity index (χ2n) is 6.45. The Morgan fingerprint density at radius 2 is 1.71 bits per heavy atom. The van der Waals surface area contributed by atoms with E-state index in [9.17, 15) is 0 Å². The molecule has 2 N–H and O–H groups in total. The van der Waals surface area contributed by atoms with E-state index in [1.54, 1.807) is 0 Å². The maximum atomic E-state index is 4.30. The van der Waals surface area contributed by atoms with Crippen LogP contribution in [0.3, 0.4) is 0 Å². The second kappa shape index (κ2) is 12.5. The van der Waals surface area contributed by atoms with Gasteiger partial charge in [-0.3, -0.25) is 4.99 Å². The van der Waals surface area contributed by atoms with Gasteiger partial charge in [-0.05, 0) is 51.4 Å². The molecule has 0 bridgehead atoms. The fraction of sp³-hybridized carbons (Fsp3) is 0.632. The molecule has 1 aliphatic heterocycles. The molecule has 1 aliphatic rings. The van der Waals surface area contributed by atoms with Crippen LogP contribution in [-0.2, 0) is 6.54 Å². The number of likely N-dealkylation sites (tertiary alicyclic amines) is 1. The van der Waals surface area contributed by atoms with Crippen LogP contribution in [0, 0.1) is 6.92 Å². The van der Waals surface area contributed by atoms with Gasteiger partial charge in [-0.2, -0.15) is 0 Å². The predicted octanol–water partition coefficient (Wildman–Crippen LogP) is 3.54. The zero-order valence-corrected chi connectivity index (χ0v) is 17.5. The molecule has 2 rings (SSSR count). The van der Waals surface area contributed by atoms with Crippen molar-refractivity contribution in [3.8, 4) is 0 Å². The number of hydrogen-bond acceptors (Lipinski definition) is 2. The third-order valence-corrected chi connectivity index (χ3v) is 4.45. The Morgan fingerprint density at radius 3 is 2.33 bits per heavy atom. The van der Waals surface area contributed by atoms with Crippen LogP contribution in [0.1, 0.15) is 43.2 Å². The van der Waals surface area contributed by atoms with Gasteiger partial charge in [0.2, 0.25) is 0 Å². The summed E-state index contributed by atoms with van der Waals surface area (Å²) in [4.78, 5) is 6.91. The van der Waals surface area contributed by atoms with E-state index >= 15 is 0 Å². The van der Waals surface area contributed by atoms with Crippen LogP contribution < -0.4 is 10.6 Å². The smallest absolute Gasteiger partial charge is 0.191 e. The first-order valence-corrected chi connectivity index (χ1v) is 9.00. The van der Waals surface area contributed by atoms with Gasteiger partial charge in [0.05, 0.1) is 0 Å². The molecular formula is C19H33IN4. The fourth-order valence-corrected chi connectivity index (χ4v) is 2.98. The Morgan fingerprint density at radius 1 is 1.04 bits per heavy atom. The maximum absolute atomic E-state index is 4.30. The lowest BCUT2D eigenvalue weighted by Gasteiger charge is -2.20. The van der Waals surface area contributed by atoms with Gasteiger partial charge in [0, 0.05) is 20.1 Å². The Balaban J connectivity index is 0.00000288. The number of nitrogens with one attached hydrogen (secondary N) is 2. The van der Waals surface area contributed by atoms with Crippen LogP contribution in [0.4, 0.5) is 0 Å². The van der Waals surface area contributed by atoms with Crippen molar-refractivity contribution in [2.75, 3.05) is 33.2 Å². The van der Waals surface area contributed by atoms with E-state index in [0.29, 0.717) is 0 Å². The molecule has 4 nitrogen and oxygen atoms in total. The molecule has 5 heteroatoms. The van der Waals surface area contributed by atoms with Gasteiger partial charge in [0.1, 0.15) is 0 Å². The highest BCUT2D eigenvalue weighted by Crippen LogP contribution is 2.09. The average Bonchev–Trinajstić information content (AvgIpc) is 2.84. The van der Waals surface area contributed by atoms with Crippen LogP contribution in [-0.4, -0.2) is 44.1 Å². The van der Waals surface area contributed by atoms with Gasteiger partial charge >= 0.3 is 0 Å². The molecule has 1 fully saturated rings. The summed E-state index contributed by atoms with van der Waals surface area (Å²) < 4.78 is 0. The van der Waals surface area contributed by atoms with E-state index in [1.165, 1.54) is 62.9 Å². The molecule has 0 amide bonds. The zero-order chi connectivity index (χ0) is 16.3. The molecule has 0 aliphatic carbocycles. The molecule has 24 heavy (non-hydrogen) atoms. The Kier molecular flexibility index (Phi) is 11.1. The number of nitrogens with zero attached hydrogens (tertiary/aromatic N) is 2. The van der Waals surface area contributed by atoms with Crippen LogP contribution in [0.25, 0.3) is 0 Å². The summed E-state index contributed by atoms with van der Waals surface area (Å²) >= 11 is 0. The molecule has 0 saturated carbocycles. The van der Waals surface area contributed by atoms with Crippen LogP contribution >= 0.6 is 24.0 Å². The standard InChI is InChI=1S/C19H32N4.HI/c1-17-8-10-18(11-9-17)16-22-19(20-2)21-12-7-15-23-13-5-3-4-6-14-23;/h8-11H,3-7,12-16H2,1-2H3,(H2,20,21,22);1H. The van der Waals surface area contributed by atoms with Crippen LogP contribution in [0.15, 0.2) is 29.3 Å². The molecular weight excluding hydrogens is 411 g/mol. The van der Waals surface area contributed by atoms with E-state index in [2.05, 4.69) is 51.7 Å². The van der Waals surface area contributed by atoms with Gasteiger partial charge in [-0.15, -0.1) is 24.0 Å². The lowest BCUT2D eigenvalue weighted by Crippen LogP contribution is -2.38. The highest BCUT2D eigenvalue weighted by atomic mass is 127. The number of benzene rings is 1. The van der Waals surface area contributed by atoms with Gasteiger partial charge < -0.3 is 15.5 Å². The molecule has 1 aromatic rings. The van der Waals surface area contributed by atoms with Gasteiger partial charge in [0.25, 0.3) is 0 Å². The third-order valence-electron chi connectivity index (χ3n) is 4.45. The normalized spacial score (nSPS) is 16.2. The van der Waals surface area contributed by atoms with E-state index in [0.717, 1.165) is 19.0 Å². The summed E-state index contributed by atoms with van der Waals surface area (Å²) in [5.41, 5.74) is 2.58. The van der Waals surface area contributed by atoms with Crippen molar-refractivity contribution in [3.63, 3.8) is 0 Å². The highest BCUT2D eigenvalue weighted by molar-refractivity contribution is 14.0. The van der Waals surface area contributed by atoms with Gasteiger partial charge in [-0.25, -0.2) is 0 Å². The van der Waals surface area contributed by atoms with Crippen molar-refractivity contribution < 1.29 is 0 Å². The van der Waals surface area contributed by atoms with Gasteiger partial charge in [-0.1, -0.05) is 42.7 Å². The number of aliphatic imine (C=N–C) groups is 1. The largest absolute Gasteiger partial charge is 0.356 e. The molecule has 0 radical (unpaired) electrons. The first-order valence-electron chi connectivity index (χ1n) is 9.00. The summed E-state index contributed by atoms with van der Waals surface area (Å²) in [5, 5.41) is 6.80. The highest BCUT2D eigenvalue weighted by Gasteiger charge is 2.08. The first kappa shape index (κ1) is 21.2. The van der Waals surface area contributed by atoms with Crippen molar-refractivity contribution >= 4 is 29.9 Å². The summed E-state index contributed by atoms with van der Waals surface area (Å²) in [5.74, 6) is 0.890. The molecule has 0 unspecified atom stereocenters. The average molecular weight is 444 g/mol. The minimum Gasteiger partial charge on any atom is -0.356 e. The maximum Gasteiger partial charge on any atom is 0.191 e. The molecule has 136 valence electrons. The molecule has 1 heterocycles. The number of halogens is 1. The predicted molar refractivity (Wildman–Crippen MR) is 114 cm³/mol. The van der Waals surface area contributed by atoms with E-state index < -0.39 is 0 Å². The Labute approximate surface area is 164 Å². The monoisotopic (exact) mass is 444 g/mol. The number of hydrogen-bond donors (Lipinski definition) is 2. The topological polar surface area (TPSA) is 39.7 Å². The summed E-state index contributed by atoms with van der Waals surface area (Å²) in [6, 6.07) is 8.62. The van der Waals surface area contributed by atoms with Gasteiger partial charge in [0.15, 0.2) is 5.96 Å². The number of aryl methyl sites for hydroxylation is 1. The second-order valence-corrected chi connectivity index (χ2v) is 6.45. The van der Waals surface area contributed by atoms with E-state index in [1.807, 2.05) is 7.05 Å². The summed E-state index contributed by atoms with van der Waals surface area (Å²) in [7, 11) is 1.83. The zero-order valence-electron chi connectivity index (χ0n) is 15.2. The molecule has 1 saturated heterocycles.